The van der Waals surface area contributed by atoms with E-state index in [1.807, 2.05) is 27.7 Å². The van der Waals surface area contributed by atoms with Gasteiger partial charge in [0.15, 0.2) is 11.5 Å². The van der Waals surface area contributed by atoms with Crippen molar-refractivity contribution >= 4 is 40.0 Å². The molecule has 0 bridgehead atoms. The Balaban J connectivity index is 1.96. The van der Waals surface area contributed by atoms with Gasteiger partial charge in [-0.25, -0.2) is 14.4 Å². The maximum Gasteiger partial charge on any atom is 0.311 e. The fraction of sp³-hybridized carbons (Fsp3) is 0.400. The van der Waals surface area contributed by atoms with Gasteiger partial charge in [-0.3, -0.25) is 4.79 Å². The monoisotopic (exact) mass is 489 g/mol. The lowest BCUT2D eigenvalue weighted by molar-refractivity contribution is -0.156. The number of ether oxygens (including phenoxy) is 3. The van der Waals surface area contributed by atoms with Crippen molar-refractivity contribution in [1.29, 1.82) is 0 Å². The number of aromatic nitrogens is 2. The van der Waals surface area contributed by atoms with E-state index >= 15 is 0 Å². The number of fused-ring (bicyclic) bond motifs is 1. The van der Waals surface area contributed by atoms with Crippen LogP contribution < -0.4 is 14.8 Å². The summed E-state index contributed by atoms with van der Waals surface area (Å²) in [5, 5.41) is 3.82. The lowest BCUT2D eigenvalue weighted by Gasteiger charge is -2.34. The van der Waals surface area contributed by atoms with E-state index in [-0.39, 0.29) is 11.0 Å². The molecule has 9 heteroatoms. The molecule has 7 nitrogen and oxygen atoms in total. The number of benzene rings is 2. The van der Waals surface area contributed by atoms with Crippen LogP contribution in [0.25, 0.3) is 10.9 Å². The molecule has 0 aliphatic carbocycles. The second-order valence-electron chi connectivity index (χ2n) is 9.14. The summed E-state index contributed by atoms with van der Waals surface area (Å²) in [6.45, 7) is 9.56. The average Bonchev–Trinajstić information content (AvgIpc) is 2.75. The number of rotatable bonds is 9. The van der Waals surface area contributed by atoms with E-state index < -0.39 is 16.8 Å². The fourth-order valence-electron chi connectivity index (χ4n) is 3.91. The van der Waals surface area contributed by atoms with Gasteiger partial charge in [0.2, 0.25) is 0 Å². The van der Waals surface area contributed by atoms with Crippen LogP contribution in [-0.2, 0) is 9.53 Å². The van der Waals surface area contributed by atoms with Gasteiger partial charge in [0.25, 0.3) is 0 Å². The Kier molecular flexibility index (Phi) is 7.51. The lowest BCUT2D eigenvalue weighted by Crippen LogP contribution is -2.39. The molecule has 182 valence electrons. The largest absolute Gasteiger partial charge is 0.493 e. The molecule has 0 radical (unpaired) electrons. The van der Waals surface area contributed by atoms with Crippen LogP contribution in [0.1, 0.15) is 41.0 Å². The molecule has 0 saturated heterocycles. The first kappa shape index (κ1) is 25.5. The third-order valence-corrected chi connectivity index (χ3v) is 5.47. The van der Waals surface area contributed by atoms with E-state index in [4.69, 9.17) is 25.8 Å². The molecule has 3 aromatic rings. The summed E-state index contributed by atoms with van der Waals surface area (Å²) in [4.78, 5) is 21.1. The molecular weight excluding hydrogens is 461 g/mol. The van der Waals surface area contributed by atoms with Crippen LogP contribution in [0.3, 0.4) is 0 Å². The van der Waals surface area contributed by atoms with Gasteiger partial charge >= 0.3 is 5.97 Å². The summed E-state index contributed by atoms with van der Waals surface area (Å²) in [7, 11) is 1.55. The Labute approximate surface area is 203 Å². The molecule has 0 aliphatic rings. The predicted molar refractivity (Wildman–Crippen MR) is 131 cm³/mol. The second kappa shape index (κ2) is 10.0. The first-order chi connectivity index (χ1) is 16.0. The molecular formula is C25H29ClFN3O4. The SMILES string of the molecule is CCOC(=O)C(C)(C)CC(C)(C)Oc1cc2c(Nc3ccc(F)c(Cl)c3)ncnc2cc1OC. The average molecular weight is 490 g/mol. The van der Waals surface area contributed by atoms with Crippen LogP contribution >= 0.6 is 11.6 Å². The zero-order valence-electron chi connectivity index (χ0n) is 20.2. The van der Waals surface area contributed by atoms with Crippen molar-refractivity contribution in [3.8, 4) is 11.5 Å². The number of esters is 1. The number of nitrogens with one attached hydrogen (secondary N) is 1. The van der Waals surface area contributed by atoms with Gasteiger partial charge in [0.05, 0.1) is 29.7 Å². The number of carbonyl (C=O) groups excluding carboxylic acids is 1. The Bertz CT molecular complexity index is 1200. The van der Waals surface area contributed by atoms with Crippen molar-refractivity contribution < 1.29 is 23.4 Å². The highest BCUT2D eigenvalue weighted by atomic mass is 35.5. The van der Waals surface area contributed by atoms with Crippen LogP contribution in [0.5, 0.6) is 11.5 Å². The van der Waals surface area contributed by atoms with E-state index in [9.17, 15) is 9.18 Å². The number of carbonyl (C=O) groups is 1. The maximum atomic E-state index is 13.5. The van der Waals surface area contributed by atoms with Crippen LogP contribution in [0.15, 0.2) is 36.7 Å². The molecule has 0 spiro atoms. The quantitative estimate of drug-likeness (QED) is 0.352. The van der Waals surface area contributed by atoms with Gasteiger partial charge in [-0.15, -0.1) is 0 Å². The molecule has 3 rings (SSSR count). The van der Waals surface area contributed by atoms with Gasteiger partial charge in [0.1, 0.15) is 23.6 Å². The standard InChI is InChI=1S/C25H29ClFN3O4/c1-7-33-23(31)24(2,3)13-25(4,5)34-21-11-16-19(12-20(21)32-6)28-14-29-22(16)30-15-8-9-18(27)17(26)10-15/h8-12,14H,7,13H2,1-6H3,(H,28,29,30). The van der Waals surface area contributed by atoms with Crippen molar-refractivity contribution in [3.05, 3.63) is 47.5 Å². The van der Waals surface area contributed by atoms with E-state index in [1.165, 1.54) is 18.5 Å². The summed E-state index contributed by atoms with van der Waals surface area (Å²) in [6, 6.07) is 7.85. The Hall–Kier alpha value is -3.13. The summed E-state index contributed by atoms with van der Waals surface area (Å²) < 4.78 is 30.7. The highest BCUT2D eigenvalue weighted by molar-refractivity contribution is 6.31. The van der Waals surface area contributed by atoms with Crippen molar-refractivity contribution in [2.75, 3.05) is 19.0 Å². The Morgan fingerprint density at radius 1 is 1.12 bits per heavy atom. The van der Waals surface area contributed by atoms with Gasteiger partial charge in [-0.05, 0) is 58.9 Å². The molecule has 0 atom stereocenters. The first-order valence-electron chi connectivity index (χ1n) is 10.9. The van der Waals surface area contributed by atoms with Gasteiger partial charge < -0.3 is 19.5 Å². The van der Waals surface area contributed by atoms with Crippen LogP contribution in [0, 0.1) is 11.2 Å². The molecule has 2 aromatic carbocycles. The third kappa shape index (κ3) is 5.86. The highest BCUT2D eigenvalue weighted by Crippen LogP contribution is 2.39. The van der Waals surface area contributed by atoms with Crippen LogP contribution in [0.4, 0.5) is 15.9 Å². The zero-order valence-corrected chi connectivity index (χ0v) is 20.9. The maximum absolute atomic E-state index is 13.5. The molecule has 0 aliphatic heterocycles. The normalized spacial score (nSPS) is 11.9. The fourth-order valence-corrected chi connectivity index (χ4v) is 4.09. The van der Waals surface area contributed by atoms with Crippen molar-refractivity contribution in [3.63, 3.8) is 0 Å². The molecule has 0 fully saturated rings. The molecule has 0 amide bonds. The molecule has 0 unspecified atom stereocenters. The van der Waals surface area contributed by atoms with E-state index in [0.717, 1.165) is 0 Å². The Morgan fingerprint density at radius 2 is 1.85 bits per heavy atom. The minimum Gasteiger partial charge on any atom is -0.493 e. The molecule has 1 aromatic heterocycles. The zero-order chi connectivity index (χ0) is 25.1. The number of methoxy groups -OCH3 is 1. The summed E-state index contributed by atoms with van der Waals surface area (Å²) in [6.07, 6.45) is 1.83. The molecule has 1 N–H and O–H groups in total. The highest BCUT2D eigenvalue weighted by Gasteiger charge is 2.37. The molecule has 34 heavy (non-hydrogen) atoms. The van der Waals surface area contributed by atoms with Gasteiger partial charge in [-0.2, -0.15) is 0 Å². The van der Waals surface area contributed by atoms with Crippen molar-refractivity contribution in [1.82, 2.24) is 9.97 Å². The minimum absolute atomic E-state index is 0.0000160. The number of halogens is 2. The number of nitrogens with zero attached hydrogens (tertiary/aromatic N) is 2. The minimum atomic E-state index is -0.749. The number of hydrogen-bond donors (Lipinski definition) is 1. The second-order valence-corrected chi connectivity index (χ2v) is 9.55. The Morgan fingerprint density at radius 3 is 2.50 bits per heavy atom. The summed E-state index contributed by atoms with van der Waals surface area (Å²) in [5.74, 6) is 0.659. The summed E-state index contributed by atoms with van der Waals surface area (Å²) in [5.41, 5.74) is -0.285. The summed E-state index contributed by atoms with van der Waals surface area (Å²) >= 11 is 5.91. The van der Waals surface area contributed by atoms with Crippen LogP contribution in [-0.4, -0.2) is 35.3 Å². The predicted octanol–water partition coefficient (Wildman–Crippen LogP) is 6.31. The van der Waals surface area contributed by atoms with Crippen LogP contribution in [0.2, 0.25) is 5.02 Å². The van der Waals surface area contributed by atoms with E-state index in [1.54, 1.807) is 32.2 Å². The third-order valence-electron chi connectivity index (χ3n) is 5.19. The van der Waals surface area contributed by atoms with Crippen molar-refractivity contribution in [2.24, 2.45) is 5.41 Å². The van der Waals surface area contributed by atoms with E-state index in [0.29, 0.717) is 46.9 Å². The topological polar surface area (TPSA) is 82.6 Å². The van der Waals surface area contributed by atoms with Gasteiger partial charge in [0, 0.05) is 23.6 Å². The lowest BCUT2D eigenvalue weighted by atomic mass is 9.81. The van der Waals surface area contributed by atoms with E-state index in [2.05, 4.69) is 15.3 Å². The number of anilines is 2. The van der Waals surface area contributed by atoms with Gasteiger partial charge in [-0.1, -0.05) is 11.6 Å². The van der Waals surface area contributed by atoms with Crippen molar-refractivity contribution in [2.45, 2.75) is 46.6 Å². The molecule has 0 saturated carbocycles. The molecule has 1 heterocycles. The first-order valence-corrected chi connectivity index (χ1v) is 11.2. The smallest absolute Gasteiger partial charge is 0.311 e. The number of hydrogen-bond acceptors (Lipinski definition) is 7.